The summed E-state index contributed by atoms with van der Waals surface area (Å²) in [6.45, 7) is 0.307. The minimum Gasteiger partial charge on any atom is -0.352 e. The number of hydrogen-bond acceptors (Lipinski definition) is 3. The number of hydrogen-bond donors (Lipinski definition) is 1. The minimum absolute atomic E-state index is 0.307. The Balaban J connectivity index is 1.95. The Morgan fingerprint density at radius 2 is 2.16 bits per heavy atom. The zero-order valence-electron chi connectivity index (χ0n) is 10.2. The smallest absolute Gasteiger partial charge is 0.254 e. The lowest BCUT2D eigenvalue weighted by Crippen LogP contribution is -2.27. The molecule has 2 rings (SSSR count). The zero-order valence-corrected chi connectivity index (χ0v) is 10.2. The van der Waals surface area contributed by atoms with Crippen LogP contribution in [0.3, 0.4) is 0 Å². The maximum atomic E-state index is 13.3. The largest absolute Gasteiger partial charge is 0.352 e. The number of rotatable bonds is 4. The highest BCUT2D eigenvalue weighted by Gasteiger charge is 2.15. The Morgan fingerprint density at radius 1 is 1.37 bits per heavy atom. The van der Waals surface area contributed by atoms with Crippen molar-refractivity contribution >= 4 is 5.91 Å². The number of pyridine rings is 1. The van der Waals surface area contributed by atoms with Crippen molar-refractivity contribution in [2.24, 2.45) is 7.05 Å². The maximum Gasteiger partial charge on any atom is 0.254 e. The van der Waals surface area contributed by atoms with E-state index in [9.17, 15) is 13.6 Å². The maximum absolute atomic E-state index is 13.3. The van der Waals surface area contributed by atoms with Crippen molar-refractivity contribution in [3.05, 3.63) is 47.5 Å². The molecule has 0 atom stereocenters. The average molecular weight is 266 g/mol. The molecule has 5 nitrogen and oxygen atoms in total. The molecular formula is C12H12F2N4O. The molecule has 0 saturated carbocycles. The van der Waals surface area contributed by atoms with E-state index in [2.05, 4.69) is 15.4 Å². The average Bonchev–Trinajstić information content (AvgIpc) is 2.78. The SMILES string of the molecule is Cn1nccc1CCNC(=O)c1ccnc(F)c1F. The molecule has 19 heavy (non-hydrogen) atoms. The summed E-state index contributed by atoms with van der Waals surface area (Å²) in [5.74, 6) is -3.18. The van der Waals surface area contributed by atoms with Crippen LogP contribution in [-0.2, 0) is 13.5 Å². The van der Waals surface area contributed by atoms with E-state index in [1.807, 2.05) is 6.07 Å². The van der Waals surface area contributed by atoms with Crippen LogP contribution in [0.2, 0.25) is 0 Å². The molecular weight excluding hydrogens is 254 g/mol. The number of carbonyl (C=O) groups is 1. The Labute approximate surface area is 108 Å². The molecule has 0 bridgehead atoms. The fourth-order valence-corrected chi connectivity index (χ4v) is 1.64. The van der Waals surface area contributed by atoms with Gasteiger partial charge in [0.25, 0.3) is 5.91 Å². The highest BCUT2D eigenvalue weighted by atomic mass is 19.2. The van der Waals surface area contributed by atoms with Gasteiger partial charge < -0.3 is 5.32 Å². The van der Waals surface area contributed by atoms with Gasteiger partial charge in [0.15, 0.2) is 5.82 Å². The fourth-order valence-electron chi connectivity index (χ4n) is 1.64. The summed E-state index contributed by atoms with van der Waals surface area (Å²) in [7, 11) is 1.79. The van der Waals surface area contributed by atoms with E-state index >= 15 is 0 Å². The third kappa shape index (κ3) is 2.93. The van der Waals surface area contributed by atoms with Gasteiger partial charge in [0.1, 0.15) is 0 Å². The van der Waals surface area contributed by atoms with E-state index < -0.39 is 17.7 Å². The first-order valence-electron chi connectivity index (χ1n) is 5.64. The standard InChI is InChI=1S/C12H12F2N4O/c1-18-8(3-7-17-18)2-5-16-12(19)9-4-6-15-11(14)10(9)13/h3-4,6-7H,2,5H2,1H3,(H,16,19). The van der Waals surface area contributed by atoms with Crippen LogP contribution in [0, 0.1) is 11.8 Å². The lowest BCUT2D eigenvalue weighted by molar-refractivity contribution is 0.0948. The predicted molar refractivity (Wildman–Crippen MR) is 63.4 cm³/mol. The molecule has 0 aromatic carbocycles. The molecule has 0 saturated heterocycles. The highest BCUT2D eigenvalue weighted by molar-refractivity contribution is 5.94. The molecule has 2 aromatic heterocycles. The van der Waals surface area contributed by atoms with Crippen LogP contribution in [0.25, 0.3) is 0 Å². The van der Waals surface area contributed by atoms with Crippen LogP contribution in [0.5, 0.6) is 0 Å². The van der Waals surface area contributed by atoms with Gasteiger partial charge in [0, 0.05) is 38.1 Å². The van der Waals surface area contributed by atoms with Crippen LogP contribution >= 0.6 is 0 Å². The first-order chi connectivity index (χ1) is 9.09. The second kappa shape index (κ2) is 5.55. The van der Waals surface area contributed by atoms with E-state index in [1.54, 1.807) is 17.9 Å². The molecule has 0 fully saturated rings. The van der Waals surface area contributed by atoms with Gasteiger partial charge in [-0.05, 0) is 12.1 Å². The van der Waals surface area contributed by atoms with E-state index in [1.165, 1.54) is 0 Å². The molecule has 7 heteroatoms. The monoisotopic (exact) mass is 266 g/mol. The Hall–Kier alpha value is -2.31. The second-order valence-corrected chi connectivity index (χ2v) is 3.92. The van der Waals surface area contributed by atoms with Crippen molar-refractivity contribution in [2.45, 2.75) is 6.42 Å². The molecule has 0 aliphatic heterocycles. The van der Waals surface area contributed by atoms with Gasteiger partial charge in [-0.1, -0.05) is 0 Å². The van der Waals surface area contributed by atoms with Crippen LogP contribution in [0.15, 0.2) is 24.5 Å². The number of aromatic nitrogens is 3. The van der Waals surface area contributed by atoms with Crippen molar-refractivity contribution in [1.82, 2.24) is 20.1 Å². The number of carbonyl (C=O) groups excluding carboxylic acids is 1. The Bertz CT molecular complexity index is 597. The molecule has 0 radical (unpaired) electrons. The normalized spacial score (nSPS) is 10.5. The van der Waals surface area contributed by atoms with Gasteiger partial charge >= 0.3 is 0 Å². The zero-order chi connectivity index (χ0) is 13.8. The molecule has 2 heterocycles. The number of nitrogens with zero attached hydrogens (tertiary/aromatic N) is 3. The number of aryl methyl sites for hydroxylation is 1. The van der Waals surface area contributed by atoms with Crippen LogP contribution in [0.4, 0.5) is 8.78 Å². The molecule has 0 aliphatic carbocycles. The summed E-state index contributed by atoms with van der Waals surface area (Å²) in [6.07, 6.45) is 3.25. The van der Waals surface area contributed by atoms with Crippen molar-refractivity contribution in [3.8, 4) is 0 Å². The summed E-state index contributed by atoms with van der Waals surface area (Å²) in [6, 6.07) is 2.96. The van der Waals surface area contributed by atoms with Gasteiger partial charge in [-0.2, -0.15) is 9.49 Å². The molecule has 1 amide bonds. The van der Waals surface area contributed by atoms with Gasteiger partial charge in [-0.15, -0.1) is 0 Å². The van der Waals surface area contributed by atoms with Gasteiger partial charge in [-0.25, -0.2) is 9.37 Å². The summed E-state index contributed by atoms with van der Waals surface area (Å²) in [4.78, 5) is 14.8. The van der Waals surface area contributed by atoms with Crippen molar-refractivity contribution in [2.75, 3.05) is 6.54 Å². The van der Waals surface area contributed by atoms with Crippen LogP contribution < -0.4 is 5.32 Å². The lowest BCUT2D eigenvalue weighted by Gasteiger charge is -2.06. The number of nitrogens with one attached hydrogen (secondary N) is 1. The van der Waals surface area contributed by atoms with Crippen molar-refractivity contribution in [3.63, 3.8) is 0 Å². The number of halogens is 2. The quantitative estimate of drug-likeness (QED) is 0.842. The van der Waals surface area contributed by atoms with E-state index in [0.29, 0.717) is 13.0 Å². The molecule has 0 unspecified atom stereocenters. The molecule has 2 aromatic rings. The van der Waals surface area contributed by atoms with Gasteiger partial charge in [0.2, 0.25) is 5.95 Å². The Morgan fingerprint density at radius 3 is 2.84 bits per heavy atom. The van der Waals surface area contributed by atoms with E-state index in [4.69, 9.17) is 0 Å². The first-order valence-corrected chi connectivity index (χ1v) is 5.64. The topological polar surface area (TPSA) is 59.8 Å². The Kier molecular flexibility index (Phi) is 3.84. The van der Waals surface area contributed by atoms with Gasteiger partial charge in [0.05, 0.1) is 5.56 Å². The number of amides is 1. The van der Waals surface area contributed by atoms with E-state index in [0.717, 1.165) is 18.0 Å². The van der Waals surface area contributed by atoms with Crippen LogP contribution in [0.1, 0.15) is 16.1 Å². The van der Waals surface area contributed by atoms with Crippen molar-refractivity contribution in [1.29, 1.82) is 0 Å². The summed E-state index contributed by atoms with van der Waals surface area (Å²) < 4.78 is 27.8. The summed E-state index contributed by atoms with van der Waals surface area (Å²) in [5.41, 5.74) is 0.583. The molecule has 100 valence electrons. The second-order valence-electron chi connectivity index (χ2n) is 3.92. The predicted octanol–water partition coefficient (Wildman–Crippen LogP) is 1.07. The molecule has 0 aliphatic rings. The first kappa shape index (κ1) is 13.1. The minimum atomic E-state index is -1.28. The molecule has 1 N–H and O–H groups in total. The van der Waals surface area contributed by atoms with Crippen molar-refractivity contribution < 1.29 is 13.6 Å². The fraction of sp³-hybridized carbons (Fsp3) is 0.250. The lowest BCUT2D eigenvalue weighted by atomic mass is 10.2. The third-order valence-corrected chi connectivity index (χ3v) is 2.68. The molecule has 0 spiro atoms. The summed E-state index contributed by atoms with van der Waals surface area (Å²) >= 11 is 0. The van der Waals surface area contributed by atoms with Crippen LogP contribution in [-0.4, -0.2) is 27.2 Å². The third-order valence-electron chi connectivity index (χ3n) is 2.68. The van der Waals surface area contributed by atoms with E-state index in [-0.39, 0.29) is 5.56 Å². The summed E-state index contributed by atoms with van der Waals surface area (Å²) in [5, 5.41) is 6.50. The van der Waals surface area contributed by atoms with Gasteiger partial charge in [-0.3, -0.25) is 9.48 Å². The highest BCUT2D eigenvalue weighted by Crippen LogP contribution is 2.08.